The van der Waals surface area contributed by atoms with E-state index in [1.54, 1.807) is 0 Å². The molecule has 1 atom stereocenters. The molecule has 0 heterocycles. The van der Waals surface area contributed by atoms with Crippen LogP contribution < -0.4 is 0 Å². The topological polar surface area (TPSA) is 3.24 Å². The molecule has 0 bridgehead atoms. The number of likely N-dealkylation sites (N-methyl/N-ethyl adjacent to an activating group) is 1. The highest BCUT2D eigenvalue weighted by Crippen LogP contribution is 2.22. The highest BCUT2D eigenvalue weighted by atomic mass is 15.1. The minimum absolute atomic E-state index is 0.535. The van der Waals surface area contributed by atoms with Crippen LogP contribution >= 0.6 is 0 Å². The van der Waals surface area contributed by atoms with Gasteiger partial charge in [-0.2, -0.15) is 0 Å². The molecule has 0 aromatic heterocycles. The molecule has 70 valence electrons. The molecule has 0 amide bonds. The SMILES string of the molecule is C=CC(C)N(C)C1CCCCC1. The molecule has 0 aliphatic heterocycles. The van der Waals surface area contributed by atoms with Gasteiger partial charge in [0.25, 0.3) is 0 Å². The maximum Gasteiger partial charge on any atom is 0.0247 e. The minimum Gasteiger partial charge on any atom is -0.297 e. The van der Waals surface area contributed by atoms with E-state index in [0.29, 0.717) is 6.04 Å². The fourth-order valence-electron chi connectivity index (χ4n) is 1.99. The molecular weight excluding hydrogens is 146 g/mol. The second-order valence-electron chi connectivity index (χ2n) is 3.93. The Morgan fingerprint density at radius 1 is 1.33 bits per heavy atom. The van der Waals surface area contributed by atoms with Crippen molar-refractivity contribution in [2.45, 2.75) is 51.1 Å². The van der Waals surface area contributed by atoms with Gasteiger partial charge in [0.05, 0.1) is 0 Å². The zero-order valence-electron chi connectivity index (χ0n) is 8.42. The molecule has 1 nitrogen and oxygen atoms in total. The maximum atomic E-state index is 3.83. The van der Waals surface area contributed by atoms with Crippen molar-refractivity contribution in [1.82, 2.24) is 4.90 Å². The largest absolute Gasteiger partial charge is 0.297 e. The summed E-state index contributed by atoms with van der Waals surface area (Å²) in [6, 6.07) is 1.35. The lowest BCUT2D eigenvalue weighted by Crippen LogP contribution is -2.38. The average Bonchev–Trinajstić information content (AvgIpc) is 2.17. The Bertz CT molecular complexity index is 136. The van der Waals surface area contributed by atoms with Gasteiger partial charge >= 0.3 is 0 Å². The molecule has 1 saturated carbocycles. The summed E-state index contributed by atoms with van der Waals surface area (Å²) in [5.41, 5.74) is 0. The summed E-state index contributed by atoms with van der Waals surface area (Å²) in [6.45, 7) is 6.06. The first kappa shape index (κ1) is 9.79. The van der Waals surface area contributed by atoms with Crippen LogP contribution in [0.1, 0.15) is 39.0 Å². The van der Waals surface area contributed by atoms with E-state index in [0.717, 1.165) is 6.04 Å². The lowest BCUT2D eigenvalue weighted by molar-refractivity contribution is 0.169. The molecule has 0 aromatic rings. The Morgan fingerprint density at radius 2 is 1.92 bits per heavy atom. The van der Waals surface area contributed by atoms with Gasteiger partial charge in [-0.1, -0.05) is 25.3 Å². The van der Waals surface area contributed by atoms with Crippen molar-refractivity contribution in [1.29, 1.82) is 0 Å². The summed E-state index contributed by atoms with van der Waals surface area (Å²) in [5, 5.41) is 0. The monoisotopic (exact) mass is 167 g/mol. The van der Waals surface area contributed by atoms with Crippen LogP contribution in [-0.4, -0.2) is 24.0 Å². The van der Waals surface area contributed by atoms with E-state index in [9.17, 15) is 0 Å². The molecule has 12 heavy (non-hydrogen) atoms. The predicted molar refractivity (Wildman–Crippen MR) is 54.3 cm³/mol. The Balaban J connectivity index is 2.38. The summed E-state index contributed by atoms with van der Waals surface area (Å²) in [4.78, 5) is 2.46. The van der Waals surface area contributed by atoms with Gasteiger partial charge in [-0.05, 0) is 26.8 Å². The molecular formula is C11H21N. The molecule has 1 aliphatic carbocycles. The van der Waals surface area contributed by atoms with Gasteiger partial charge in [0.2, 0.25) is 0 Å². The molecule has 0 radical (unpaired) electrons. The average molecular weight is 167 g/mol. The molecule has 0 spiro atoms. The van der Waals surface area contributed by atoms with Gasteiger partial charge in [0, 0.05) is 12.1 Å². The fraction of sp³-hybridized carbons (Fsp3) is 0.818. The Kier molecular flexibility index (Phi) is 3.80. The second kappa shape index (κ2) is 4.66. The summed E-state index contributed by atoms with van der Waals surface area (Å²) in [5.74, 6) is 0. The van der Waals surface area contributed by atoms with Crippen molar-refractivity contribution in [3.8, 4) is 0 Å². The van der Waals surface area contributed by atoms with Gasteiger partial charge in [-0.3, -0.25) is 4.90 Å². The van der Waals surface area contributed by atoms with Crippen LogP contribution in [-0.2, 0) is 0 Å². The quantitative estimate of drug-likeness (QED) is 0.584. The lowest BCUT2D eigenvalue weighted by atomic mass is 9.94. The molecule has 1 heteroatoms. The lowest BCUT2D eigenvalue weighted by Gasteiger charge is -2.34. The second-order valence-corrected chi connectivity index (χ2v) is 3.93. The van der Waals surface area contributed by atoms with E-state index in [-0.39, 0.29) is 0 Å². The van der Waals surface area contributed by atoms with Crippen LogP contribution in [0.5, 0.6) is 0 Å². The standard InChI is InChI=1S/C11H21N/c1-4-10(2)12(3)11-8-6-5-7-9-11/h4,10-11H,1,5-9H2,2-3H3. The van der Waals surface area contributed by atoms with E-state index in [2.05, 4.69) is 25.5 Å². The van der Waals surface area contributed by atoms with Crippen molar-refractivity contribution >= 4 is 0 Å². The van der Waals surface area contributed by atoms with Gasteiger partial charge in [0.15, 0.2) is 0 Å². The molecule has 1 unspecified atom stereocenters. The third kappa shape index (κ3) is 2.34. The number of nitrogens with zero attached hydrogens (tertiary/aromatic N) is 1. The Labute approximate surface area is 76.5 Å². The van der Waals surface area contributed by atoms with Crippen molar-refractivity contribution < 1.29 is 0 Å². The highest BCUT2D eigenvalue weighted by Gasteiger charge is 2.19. The molecule has 1 rings (SSSR count). The van der Waals surface area contributed by atoms with E-state index >= 15 is 0 Å². The Morgan fingerprint density at radius 3 is 2.42 bits per heavy atom. The molecule has 1 aliphatic rings. The predicted octanol–water partition coefficient (Wildman–Crippen LogP) is 2.83. The zero-order valence-corrected chi connectivity index (χ0v) is 8.42. The minimum atomic E-state index is 0.535. The zero-order chi connectivity index (χ0) is 8.97. The summed E-state index contributed by atoms with van der Waals surface area (Å²) < 4.78 is 0. The van der Waals surface area contributed by atoms with Crippen molar-refractivity contribution in [2.24, 2.45) is 0 Å². The van der Waals surface area contributed by atoms with E-state index in [1.165, 1.54) is 32.1 Å². The van der Waals surface area contributed by atoms with Crippen molar-refractivity contribution in [3.05, 3.63) is 12.7 Å². The molecule has 0 N–H and O–H groups in total. The number of hydrogen-bond donors (Lipinski definition) is 0. The van der Waals surface area contributed by atoms with Crippen LogP contribution in [0.2, 0.25) is 0 Å². The highest BCUT2D eigenvalue weighted by molar-refractivity contribution is 4.86. The third-order valence-electron chi connectivity index (χ3n) is 3.13. The summed E-state index contributed by atoms with van der Waals surface area (Å²) >= 11 is 0. The Hall–Kier alpha value is -0.300. The van der Waals surface area contributed by atoms with Crippen molar-refractivity contribution in [2.75, 3.05) is 7.05 Å². The van der Waals surface area contributed by atoms with Crippen LogP contribution in [0.4, 0.5) is 0 Å². The first-order chi connectivity index (χ1) is 5.75. The fourth-order valence-corrected chi connectivity index (χ4v) is 1.99. The van der Waals surface area contributed by atoms with Gasteiger partial charge in [-0.15, -0.1) is 6.58 Å². The van der Waals surface area contributed by atoms with Crippen molar-refractivity contribution in [3.63, 3.8) is 0 Å². The van der Waals surface area contributed by atoms with Crippen LogP contribution in [0, 0.1) is 0 Å². The van der Waals surface area contributed by atoms with Crippen LogP contribution in [0.25, 0.3) is 0 Å². The first-order valence-corrected chi connectivity index (χ1v) is 5.10. The number of hydrogen-bond acceptors (Lipinski definition) is 1. The third-order valence-corrected chi connectivity index (χ3v) is 3.13. The van der Waals surface area contributed by atoms with E-state index in [1.807, 2.05) is 6.08 Å². The summed E-state index contributed by atoms with van der Waals surface area (Å²) in [6.07, 6.45) is 9.07. The molecule has 0 saturated heterocycles. The van der Waals surface area contributed by atoms with E-state index < -0.39 is 0 Å². The first-order valence-electron chi connectivity index (χ1n) is 5.10. The van der Waals surface area contributed by atoms with Gasteiger partial charge in [0.1, 0.15) is 0 Å². The summed E-state index contributed by atoms with van der Waals surface area (Å²) in [7, 11) is 2.22. The van der Waals surface area contributed by atoms with Gasteiger partial charge < -0.3 is 0 Å². The number of rotatable bonds is 3. The molecule has 1 fully saturated rings. The van der Waals surface area contributed by atoms with Gasteiger partial charge in [-0.25, -0.2) is 0 Å². The normalized spacial score (nSPS) is 22.6. The van der Waals surface area contributed by atoms with E-state index in [4.69, 9.17) is 0 Å². The van der Waals surface area contributed by atoms with Crippen LogP contribution in [0.15, 0.2) is 12.7 Å². The maximum absolute atomic E-state index is 3.83. The molecule has 0 aromatic carbocycles. The smallest absolute Gasteiger partial charge is 0.0247 e. The van der Waals surface area contributed by atoms with Crippen LogP contribution in [0.3, 0.4) is 0 Å².